The van der Waals surface area contributed by atoms with Crippen molar-refractivity contribution in [2.24, 2.45) is 0 Å². The van der Waals surface area contributed by atoms with Gasteiger partial charge in [-0.05, 0) is 96.6 Å². The van der Waals surface area contributed by atoms with Crippen LogP contribution in [0.3, 0.4) is 0 Å². The Hall–Kier alpha value is -5.74. The Kier molecular flexibility index (Phi) is 11.0. The SMILES string of the molecule is O=C1CCC(N2C(=O)c3ccc(N4CCN(CCCCCCOc5ccc(/C(=C\c6ccccc6)c6ccc(O)cc6)cc5)CC4)cc3C2=O)C(=O)N1. The number of amides is 4. The molecule has 3 aliphatic rings. The van der Waals surface area contributed by atoms with Crippen molar-refractivity contribution in [1.82, 2.24) is 15.1 Å². The number of fused-ring (bicyclic) bond motifs is 1. The highest BCUT2D eigenvalue weighted by Crippen LogP contribution is 2.32. The van der Waals surface area contributed by atoms with Gasteiger partial charge in [-0.2, -0.15) is 0 Å². The third kappa shape index (κ3) is 8.34. The molecule has 7 rings (SSSR count). The summed E-state index contributed by atoms with van der Waals surface area (Å²) in [5.41, 5.74) is 5.79. The monoisotopic (exact) mass is 712 g/mol. The van der Waals surface area contributed by atoms with E-state index in [1.807, 2.05) is 48.5 Å². The third-order valence-electron chi connectivity index (χ3n) is 10.3. The van der Waals surface area contributed by atoms with Crippen LogP contribution in [0.4, 0.5) is 5.69 Å². The molecule has 4 aromatic carbocycles. The molecule has 2 saturated heterocycles. The van der Waals surface area contributed by atoms with Crippen molar-refractivity contribution in [2.45, 2.75) is 44.6 Å². The number of anilines is 1. The van der Waals surface area contributed by atoms with E-state index in [2.05, 4.69) is 45.5 Å². The van der Waals surface area contributed by atoms with Crippen molar-refractivity contribution >= 4 is 41.0 Å². The predicted octanol–water partition coefficient (Wildman–Crippen LogP) is 6.14. The normalized spacial score (nSPS) is 18.0. The fraction of sp³-hybridized carbons (Fsp3) is 0.302. The molecule has 1 atom stereocenters. The lowest BCUT2D eigenvalue weighted by atomic mass is 9.95. The lowest BCUT2D eigenvalue weighted by molar-refractivity contribution is -0.136. The number of benzene rings is 4. The molecule has 272 valence electrons. The number of nitrogens with one attached hydrogen (secondary N) is 1. The number of unbranched alkanes of at least 4 members (excludes halogenated alkanes) is 3. The fourth-order valence-corrected chi connectivity index (χ4v) is 7.29. The van der Waals surface area contributed by atoms with E-state index >= 15 is 0 Å². The molecule has 0 aromatic heterocycles. The first kappa shape index (κ1) is 35.7. The first-order valence-electron chi connectivity index (χ1n) is 18.5. The topological polar surface area (TPSA) is 119 Å². The maximum absolute atomic E-state index is 13.2. The van der Waals surface area contributed by atoms with E-state index in [0.29, 0.717) is 17.7 Å². The number of hydrogen-bond acceptors (Lipinski definition) is 8. The Labute approximate surface area is 309 Å². The summed E-state index contributed by atoms with van der Waals surface area (Å²) in [4.78, 5) is 56.0. The minimum atomic E-state index is -0.960. The van der Waals surface area contributed by atoms with E-state index in [4.69, 9.17) is 4.74 Å². The summed E-state index contributed by atoms with van der Waals surface area (Å²) in [6.07, 6.45) is 6.74. The molecule has 4 amide bonds. The van der Waals surface area contributed by atoms with Crippen LogP contribution in [0.25, 0.3) is 11.6 Å². The van der Waals surface area contributed by atoms with Crippen molar-refractivity contribution < 1.29 is 29.0 Å². The number of phenols is 1. The fourth-order valence-electron chi connectivity index (χ4n) is 7.29. The molecular formula is C43H44N4O6. The summed E-state index contributed by atoms with van der Waals surface area (Å²) in [5, 5.41) is 12.0. The van der Waals surface area contributed by atoms with Crippen LogP contribution in [0.1, 0.15) is 75.9 Å². The molecule has 0 bridgehead atoms. The molecule has 3 aliphatic heterocycles. The van der Waals surface area contributed by atoms with Crippen LogP contribution in [-0.4, -0.2) is 83.9 Å². The number of rotatable bonds is 13. The van der Waals surface area contributed by atoms with E-state index in [1.165, 1.54) is 0 Å². The van der Waals surface area contributed by atoms with Gasteiger partial charge in [-0.1, -0.05) is 67.4 Å². The highest BCUT2D eigenvalue weighted by Gasteiger charge is 2.44. The van der Waals surface area contributed by atoms with Crippen LogP contribution in [0.15, 0.2) is 97.1 Å². The molecule has 10 heteroatoms. The van der Waals surface area contributed by atoms with Crippen LogP contribution in [-0.2, 0) is 9.59 Å². The number of phenolic OH excluding ortho intramolecular Hbond substituents is 1. The van der Waals surface area contributed by atoms with E-state index in [-0.39, 0.29) is 24.5 Å². The molecule has 10 nitrogen and oxygen atoms in total. The molecule has 2 N–H and O–H groups in total. The van der Waals surface area contributed by atoms with Gasteiger partial charge in [-0.3, -0.25) is 34.3 Å². The third-order valence-corrected chi connectivity index (χ3v) is 10.3. The molecular weight excluding hydrogens is 668 g/mol. The molecule has 0 spiro atoms. The van der Waals surface area contributed by atoms with Gasteiger partial charge in [0.2, 0.25) is 11.8 Å². The summed E-state index contributed by atoms with van der Waals surface area (Å²) >= 11 is 0. The highest BCUT2D eigenvalue weighted by atomic mass is 16.5. The molecule has 2 fully saturated rings. The van der Waals surface area contributed by atoms with Gasteiger partial charge in [0, 0.05) is 38.3 Å². The van der Waals surface area contributed by atoms with Gasteiger partial charge in [0.15, 0.2) is 0 Å². The Bertz CT molecular complexity index is 1990. The number of carbonyl (C=O) groups excluding carboxylic acids is 4. The summed E-state index contributed by atoms with van der Waals surface area (Å²) in [5.74, 6) is -0.851. The lowest BCUT2D eigenvalue weighted by Crippen LogP contribution is -2.54. The van der Waals surface area contributed by atoms with E-state index in [1.54, 1.807) is 24.3 Å². The zero-order chi connectivity index (χ0) is 36.7. The number of ether oxygens (including phenoxy) is 1. The van der Waals surface area contributed by atoms with E-state index < -0.39 is 23.8 Å². The maximum atomic E-state index is 13.2. The number of piperidine rings is 1. The number of nitrogens with zero attached hydrogens (tertiary/aromatic N) is 3. The largest absolute Gasteiger partial charge is 0.508 e. The number of hydrogen-bond donors (Lipinski definition) is 2. The smallest absolute Gasteiger partial charge is 0.262 e. The van der Waals surface area contributed by atoms with Crippen molar-refractivity contribution in [3.05, 3.63) is 125 Å². The minimum absolute atomic E-state index is 0.100. The van der Waals surface area contributed by atoms with Crippen molar-refractivity contribution in [1.29, 1.82) is 0 Å². The zero-order valence-electron chi connectivity index (χ0n) is 29.7. The van der Waals surface area contributed by atoms with Crippen LogP contribution in [0.2, 0.25) is 0 Å². The summed E-state index contributed by atoms with van der Waals surface area (Å²) in [7, 11) is 0. The maximum Gasteiger partial charge on any atom is 0.262 e. The Morgan fingerprint density at radius 3 is 2.15 bits per heavy atom. The average molecular weight is 713 g/mol. The quantitative estimate of drug-likeness (QED) is 0.0964. The second-order valence-corrected chi connectivity index (χ2v) is 13.8. The Balaban J connectivity index is 0.821. The molecule has 4 aromatic rings. The second kappa shape index (κ2) is 16.3. The average Bonchev–Trinajstić information content (AvgIpc) is 3.43. The van der Waals surface area contributed by atoms with Gasteiger partial charge in [0.25, 0.3) is 11.8 Å². The Morgan fingerprint density at radius 2 is 1.43 bits per heavy atom. The first-order chi connectivity index (χ1) is 25.8. The molecule has 0 saturated carbocycles. The summed E-state index contributed by atoms with van der Waals surface area (Å²) in [6.45, 7) is 5.18. The van der Waals surface area contributed by atoms with Crippen LogP contribution >= 0.6 is 0 Å². The van der Waals surface area contributed by atoms with Gasteiger partial charge in [-0.15, -0.1) is 0 Å². The number of aromatic hydroxyl groups is 1. The standard InChI is InChI=1S/C43H44N4O6/c48-34-15-10-31(11-16-34)37(28-30-8-4-3-5-9-30)32-12-17-35(18-13-32)53-27-7-2-1-6-22-45-23-25-46(26-24-45)33-14-19-36-38(29-33)43(52)47(42(36)51)39-20-21-40(49)44-41(39)50/h3-5,8-19,28-29,39,48H,1-2,6-7,20-27H2,(H,44,49,50)/b37-28-. The van der Waals surface area contributed by atoms with Gasteiger partial charge < -0.3 is 14.7 Å². The van der Waals surface area contributed by atoms with Crippen molar-refractivity contribution in [3.63, 3.8) is 0 Å². The van der Waals surface area contributed by atoms with Gasteiger partial charge in [-0.25, -0.2) is 0 Å². The van der Waals surface area contributed by atoms with Crippen LogP contribution < -0.4 is 15.0 Å². The Morgan fingerprint density at radius 1 is 0.755 bits per heavy atom. The van der Waals surface area contributed by atoms with Gasteiger partial charge in [0.1, 0.15) is 17.5 Å². The van der Waals surface area contributed by atoms with E-state index in [9.17, 15) is 24.3 Å². The highest BCUT2D eigenvalue weighted by molar-refractivity contribution is 6.23. The summed E-state index contributed by atoms with van der Waals surface area (Å²) < 4.78 is 6.08. The van der Waals surface area contributed by atoms with Crippen molar-refractivity contribution in [3.8, 4) is 11.5 Å². The van der Waals surface area contributed by atoms with Gasteiger partial charge in [0.05, 0.1) is 17.7 Å². The first-order valence-corrected chi connectivity index (χ1v) is 18.5. The van der Waals surface area contributed by atoms with Crippen LogP contribution in [0, 0.1) is 0 Å². The number of piperazine rings is 1. The number of carbonyl (C=O) groups is 4. The molecule has 1 unspecified atom stereocenters. The van der Waals surface area contributed by atoms with E-state index in [0.717, 1.165) is 97.0 Å². The molecule has 0 radical (unpaired) electrons. The zero-order valence-corrected chi connectivity index (χ0v) is 29.7. The minimum Gasteiger partial charge on any atom is -0.508 e. The second-order valence-electron chi connectivity index (χ2n) is 13.8. The predicted molar refractivity (Wildman–Crippen MR) is 204 cm³/mol. The number of imide groups is 2. The van der Waals surface area contributed by atoms with Gasteiger partial charge >= 0.3 is 0 Å². The molecule has 53 heavy (non-hydrogen) atoms. The lowest BCUT2D eigenvalue weighted by Gasteiger charge is -2.36. The van der Waals surface area contributed by atoms with Crippen LogP contribution in [0.5, 0.6) is 11.5 Å². The molecule has 0 aliphatic carbocycles. The molecule has 3 heterocycles. The van der Waals surface area contributed by atoms with Crippen molar-refractivity contribution in [2.75, 3.05) is 44.2 Å². The summed E-state index contributed by atoms with van der Waals surface area (Å²) in [6, 6.07) is 30.1.